The van der Waals surface area contributed by atoms with Gasteiger partial charge in [-0.25, -0.2) is 0 Å². The second-order valence-corrected chi connectivity index (χ2v) is 2.70. The van der Waals surface area contributed by atoms with Gasteiger partial charge in [0.1, 0.15) is 0 Å². The summed E-state index contributed by atoms with van der Waals surface area (Å²) in [6.07, 6.45) is 1.88. The Morgan fingerprint density at radius 3 is 2.25 bits per heavy atom. The van der Waals surface area contributed by atoms with E-state index in [9.17, 15) is 4.79 Å². The van der Waals surface area contributed by atoms with Gasteiger partial charge in [0.05, 0.1) is 0 Å². The van der Waals surface area contributed by atoms with Gasteiger partial charge in [-0.1, -0.05) is 37.3 Å². The Hall–Kier alpha value is -2.84. The van der Waals surface area contributed by atoms with E-state index in [2.05, 4.69) is 0 Å². The van der Waals surface area contributed by atoms with E-state index in [1.165, 1.54) is 0 Å². The average molecular weight is 465 g/mol. The molecule has 0 atom stereocenters. The monoisotopic (exact) mass is 465 g/mol. The molecule has 94 valence electrons. The normalized spacial score (nSPS) is 7.81. The SMILES string of the molecule is CCN([C-]=O)Cc1ccccc1.O=CO.[Fm]. The summed E-state index contributed by atoms with van der Waals surface area (Å²) in [5.74, 6) is 0. The maximum atomic E-state index is 10.3. The van der Waals surface area contributed by atoms with Crippen molar-refractivity contribution in [2.24, 2.45) is 0 Å². The van der Waals surface area contributed by atoms with Crippen LogP contribution in [0.5, 0.6) is 0 Å². The van der Waals surface area contributed by atoms with Gasteiger partial charge in [-0.2, -0.15) is 6.41 Å². The molecule has 4 nitrogen and oxygen atoms in total. The molecule has 0 fully saturated rings. The van der Waals surface area contributed by atoms with Crippen molar-refractivity contribution in [1.82, 2.24) is 4.90 Å². The van der Waals surface area contributed by atoms with Crippen LogP contribution in [0.15, 0.2) is 30.3 Å². The summed E-state index contributed by atoms with van der Waals surface area (Å²) in [6.45, 7) is 3.05. The zero-order valence-electron chi connectivity index (χ0n) is 8.88. The minimum Gasteiger partial charge on any atom is -0.520 e. The van der Waals surface area contributed by atoms with Crippen LogP contribution in [0.4, 0.5) is 0 Å². The molecule has 0 aliphatic heterocycles. The van der Waals surface area contributed by atoms with E-state index in [-0.39, 0.29) is 6.47 Å². The van der Waals surface area contributed by atoms with E-state index in [4.69, 9.17) is 9.90 Å². The van der Waals surface area contributed by atoms with Gasteiger partial charge in [0.15, 0.2) is 0 Å². The Balaban J connectivity index is 0. The molecule has 16 heavy (non-hydrogen) atoms. The van der Waals surface area contributed by atoms with Crippen LogP contribution >= 0.6 is 0 Å². The molecule has 0 aromatic heterocycles. The first-order chi connectivity index (χ1) is 7.28. The molecule has 0 spiro atoms. The Bertz CT molecular complexity index is 280. The first-order valence-corrected chi connectivity index (χ1v) is 4.53. The Morgan fingerprint density at radius 1 is 1.38 bits per heavy atom. The van der Waals surface area contributed by atoms with Crippen molar-refractivity contribution >= 4 is 12.9 Å². The molecule has 1 N–H and O–H groups in total. The molecule has 0 heterocycles. The third-order valence-corrected chi connectivity index (χ3v) is 1.73. The molecule has 1 aromatic carbocycles. The Morgan fingerprint density at radius 2 is 1.88 bits per heavy atom. The van der Waals surface area contributed by atoms with Gasteiger partial charge >= 0.3 is 0 Å². The molecule has 5 heteroatoms. The summed E-state index contributed by atoms with van der Waals surface area (Å²) in [5, 5.41) is 6.89. The summed E-state index contributed by atoms with van der Waals surface area (Å²) in [5.41, 5.74) is 1.14. The van der Waals surface area contributed by atoms with Crippen LogP contribution in [0, 0.1) is 0 Å². The number of nitrogens with zero attached hydrogens (tertiary/aromatic N) is 1. The summed E-state index contributed by atoms with van der Waals surface area (Å²) in [4.78, 5) is 20.3. The van der Waals surface area contributed by atoms with Crippen LogP contribution in [-0.2, 0) is 16.1 Å². The van der Waals surface area contributed by atoms with Gasteiger partial charge in [0.25, 0.3) is 6.47 Å². The van der Waals surface area contributed by atoms with Crippen molar-refractivity contribution in [1.29, 1.82) is 0 Å². The van der Waals surface area contributed by atoms with Crippen LogP contribution in [0.25, 0.3) is 0 Å². The van der Waals surface area contributed by atoms with E-state index in [1.54, 1.807) is 4.90 Å². The first kappa shape index (κ1) is 15.6. The van der Waals surface area contributed by atoms with E-state index >= 15 is 0 Å². The van der Waals surface area contributed by atoms with Crippen molar-refractivity contribution in [3.05, 3.63) is 35.9 Å². The van der Waals surface area contributed by atoms with E-state index in [1.807, 2.05) is 43.7 Å². The minimum atomic E-state index is -0.250. The Labute approximate surface area is 89.1 Å². The van der Waals surface area contributed by atoms with Gasteiger partial charge in [0, 0.05) is 6.54 Å². The fourth-order valence-corrected chi connectivity index (χ4v) is 1.01. The summed E-state index contributed by atoms with van der Waals surface area (Å²) < 4.78 is 0. The van der Waals surface area contributed by atoms with Crippen molar-refractivity contribution in [3.63, 3.8) is 0 Å². The van der Waals surface area contributed by atoms with Crippen LogP contribution < -0.4 is 0 Å². The van der Waals surface area contributed by atoms with Crippen LogP contribution in [-0.4, -0.2) is 29.4 Å². The number of hydrogen-bond acceptors (Lipinski definition) is 2. The van der Waals surface area contributed by atoms with Gasteiger partial charge in [-0.3, -0.25) is 4.79 Å². The predicted molar refractivity (Wildman–Crippen MR) is 56.9 cm³/mol. The largest absolute Gasteiger partial charge is 0.520 e. The number of benzene rings is 1. The maximum absolute atomic E-state index is 10.3. The number of rotatable bonds is 4. The van der Waals surface area contributed by atoms with Crippen LogP contribution in [0.2, 0.25) is 0 Å². The minimum absolute atomic E-state index is 0. The van der Waals surface area contributed by atoms with Crippen molar-refractivity contribution in [3.8, 4) is 0 Å². The molecule has 1 rings (SSSR count). The topological polar surface area (TPSA) is 57.6 Å². The maximum Gasteiger partial charge on any atom is 0.290 e. The quantitative estimate of drug-likeness (QED) is 0.414. The fraction of sp³-hybridized carbons (Fsp3) is 0.273. The van der Waals surface area contributed by atoms with Crippen molar-refractivity contribution in [2.45, 2.75) is 13.5 Å². The van der Waals surface area contributed by atoms with Crippen LogP contribution in [0.3, 0.4) is 0 Å². The van der Waals surface area contributed by atoms with Crippen molar-refractivity contribution in [2.75, 3.05) is 6.54 Å². The molecular formula is C11H14FmNO3-. The molecule has 0 aliphatic rings. The summed E-state index contributed by atoms with van der Waals surface area (Å²) >= 11 is 0. The zero-order valence-corrected chi connectivity index (χ0v) is 11.3. The molecule has 0 aliphatic carbocycles. The molecular weight excluding hydrogens is 451 g/mol. The second kappa shape index (κ2) is 10.2. The first-order valence-electron chi connectivity index (χ1n) is 4.53. The van der Waals surface area contributed by atoms with Gasteiger partial charge < -0.3 is 14.8 Å². The van der Waals surface area contributed by atoms with E-state index in [0.29, 0.717) is 13.1 Å². The number of carboxylic acid groups (broad SMARTS) is 1. The Kier molecular flexibility index (Phi) is 10.0. The number of amides is 1. The third kappa shape index (κ3) is 6.65. The molecule has 0 radical (unpaired) electrons. The third-order valence-electron chi connectivity index (χ3n) is 1.73. The van der Waals surface area contributed by atoms with Crippen LogP contribution in [0.1, 0.15) is 12.5 Å². The zero-order chi connectivity index (χ0) is 11.5. The average Bonchev–Trinajstić information content (AvgIpc) is 2.28. The number of carbonyl (C=O) groups excluding carboxylic acids is 1. The second-order valence-electron chi connectivity index (χ2n) is 2.70. The van der Waals surface area contributed by atoms with Crippen molar-refractivity contribution < 1.29 is 14.7 Å². The smallest absolute Gasteiger partial charge is 0.290 e. The fourth-order valence-electron chi connectivity index (χ4n) is 1.01. The standard InChI is InChI=1S/C10H12NO.CH2O2.Fm/c1-2-11(9-12)8-10-6-4-3-5-7-10;2-1-3;/h3-7H,2,8H2,1H3;1H,(H,2,3);/q-1;;. The molecule has 0 saturated carbocycles. The van der Waals surface area contributed by atoms with E-state index < -0.39 is 0 Å². The number of hydrogen-bond donors (Lipinski definition) is 1. The van der Waals surface area contributed by atoms with Gasteiger partial charge in [-0.15, -0.1) is 0 Å². The summed E-state index contributed by atoms with van der Waals surface area (Å²) in [6, 6.07) is 9.90. The summed E-state index contributed by atoms with van der Waals surface area (Å²) in [7, 11) is 0. The number of carbonyl (C=O) groups is 1. The predicted octanol–water partition coefficient (Wildman–Crippen LogP) is 1.28. The molecule has 0 unspecified atom stereocenters. The molecule has 1 amide bonds. The molecule has 0 bridgehead atoms. The van der Waals surface area contributed by atoms with Gasteiger partial charge in [-0.05, 0) is 12.1 Å². The van der Waals surface area contributed by atoms with Gasteiger partial charge in [0.2, 0.25) is 0 Å². The molecule has 1 aromatic rings. The molecule has 0 saturated heterocycles. The van der Waals surface area contributed by atoms with E-state index in [0.717, 1.165) is 5.56 Å².